The molecule has 1 aliphatic carbocycles. The van der Waals surface area contributed by atoms with Gasteiger partial charge in [-0.25, -0.2) is 4.79 Å². The van der Waals surface area contributed by atoms with Gasteiger partial charge in [-0.2, -0.15) is 0 Å². The highest BCUT2D eigenvalue weighted by molar-refractivity contribution is 5.97. The van der Waals surface area contributed by atoms with E-state index in [-0.39, 0.29) is 29.6 Å². The van der Waals surface area contributed by atoms with Crippen molar-refractivity contribution in [1.29, 1.82) is 0 Å². The number of benzene rings is 2. The Morgan fingerprint density at radius 2 is 1.92 bits per heavy atom. The van der Waals surface area contributed by atoms with Crippen LogP contribution in [-0.4, -0.2) is 25.3 Å². The minimum absolute atomic E-state index is 0.136. The standard InChI is InChI=1S/C21H21NO4/c1-25-17-11-5-9-15(20(17)23)18-13-7-3-6-12(13)14-8-4-10-16(19(14)22-18)21(24)26-2/h3-6,8-13,18,22-23H,7H2,1-2H3. The van der Waals surface area contributed by atoms with E-state index in [0.717, 1.165) is 23.2 Å². The van der Waals surface area contributed by atoms with E-state index >= 15 is 0 Å². The Hall–Kier alpha value is -2.95. The van der Waals surface area contributed by atoms with Gasteiger partial charge in [0.2, 0.25) is 0 Å². The number of phenols is 1. The number of hydrogen-bond donors (Lipinski definition) is 2. The van der Waals surface area contributed by atoms with E-state index in [2.05, 4.69) is 17.5 Å². The first-order valence-corrected chi connectivity index (χ1v) is 8.66. The van der Waals surface area contributed by atoms with E-state index in [0.29, 0.717) is 11.3 Å². The zero-order valence-electron chi connectivity index (χ0n) is 14.7. The zero-order chi connectivity index (χ0) is 18.3. The third-order valence-corrected chi connectivity index (χ3v) is 5.39. The zero-order valence-corrected chi connectivity index (χ0v) is 14.7. The highest BCUT2D eigenvalue weighted by atomic mass is 16.5. The lowest BCUT2D eigenvalue weighted by atomic mass is 9.76. The molecule has 0 aromatic heterocycles. The number of anilines is 1. The van der Waals surface area contributed by atoms with Gasteiger partial charge in [-0.05, 0) is 30.0 Å². The molecule has 0 saturated carbocycles. The van der Waals surface area contributed by atoms with Crippen LogP contribution in [0, 0.1) is 5.92 Å². The van der Waals surface area contributed by atoms with Gasteiger partial charge < -0.3 is 19.9 Å². The van der Waals surface area contributed by atoms with Gasteiger partial charge in [0.15, 0.2) is 11.5 Å². The first-order chi connectivity index (χ1) is 12.7. The average molecular weight is 351 g/mol. The SMILES string of the molecule is COC(=O)c1cccc2c1NC(c1cccc(OC)c1O)C1CC=CC21. The quantitative estimate of drug-likeness (QED) is 0.646. The van der Waals surface area contributed by atoms with Crippen molar-refractivity contribution >= 4 is 11.7 Å². The van der Waals surface area contributed by atoms with E-state index < -0.39 is 0 Å². The molecule has 1 aliphatic heterocycles. The van der Waals surface area contributed by atoms with Crippen LogP contribution in [0.5, 0.6) is 11.5 Å². The smallest absolute Gasteiger partial charge is 0.339 e. The molecule has 3 unspecified atom stereocenters. The molecule has 2 N–H and O–H groups in total. The summed E-state index contributed by atoms with van der Waals surface area (Å²) in [4.78, 5) is 12.2. The highest BCUT2D eigenvalue weighted by Crippen LogP contribution is 2.52. The monoisotopic (exact) mass is 351 g/mol. The molecule has 5 nitrogen and oxygen atoms in total. The van der Waals surface area contributed by atoms with E-state index in [1.165, 1.54) is 14.2 Å². The van der Waals surface area contributed by atoms with Crippen LogP contribution in [0.4, 0.5) is 5.69 Å². The minimum atomic E-state index is -0.372. The molecule has 134 valence electrons. The number of aromatic hydroxyl groups is 1. The van der Waals surface area contributed by atoms with E-state index in [1.807, 2.05) is 24.3 Å². The van der Waals surface area contributed by atoms with Gasteiger partial charge in [-0.1, -0.05) is 36.4 Å². The molecule has 2 aromatic rings. The van der Waals surface area contributed by atoms with Crippen molar-refractivity contribution in [2.24, 2.45) is 5.92 Å². The van der Waals surface area contributed by atoms with Crippen LogP contribution in [0.25, 0.3) is 0 Å². The summed E-state index contributed by atoms with van der Waals surface area (Å²) in [5.74, 6) is 0.652. The van der Waals surface area contributed by atoms with Crippen molar-refractivity contribution in [3.05, 3.63) is 65.2 Å². The topological polar surface area (TPSA) is 67.8 Å². The van der Waals surface area contributed by atoms with Gasteiger partial charge in [0.1, 0.15) is 0 Å². The Balaban J connectivity index is 1.85. The van der Waals surface area contributed by atoms with Crippen molar-refractivity contribution in [1.82, 2.24) is 0 Å². The van der Waals surface area contributed by atoms with Gasteiger partial charge in [0.05, 0.1) is 31.5 Å². The predicted molar refractivity (Wildman–Crippen MR) is 98.8 cm³/mol. The highest BCUT2D eigenvalue weighted by Gasteiger charge is 2.40. The fourth-order valence-electron chi connectivity index (χ4n) is 4.16. The molecule has 0 fully saturated rings. The maximum atomic E-state index is 12.2. The van der Waals surface area contributed by atoms with Crippen LogP contribution in [0.3, 0.4) is 0 Å². The first kappa shape index (κ1) is 16.5. The molecule has 5 heteroatoms. The molecule has 4 rings (SSSR count). The number of esters is 1. The lowest BCUT2D eigenvalue weighted by Crippen LogP contribution is -2.30. The molecular formula is C21H21NO4. The molecule has 2 aromatic carbocycles. The molecule has 26 heavy (non-hydrogen) atoms. The lowest BCUT2D eigenvalue weighted by molar-refractivity contribution is 0.0601. The number of rotatable bonds is 3. The van der Waals surface area contributed by atoms with Gasteiger partial charge in [-0.15, -0.1) is 0 Å². The number of ether oxygens (including phenoxy) is 2. The van der Waals surface area contributed by atoms with Crippen LogP contribution in [0.2, 0.25) is 0 Å². The number of carbonyl (C=O) groups is 1. The second kappa shape index (κ2) is 6.41. The van der Waals surface area contributed by atoms with Crippen LogP contribution in [0.15, 0.2) is 48.6 Å². The van der Waals surface area contributed by atoms with Crippen LogP contribution < -0.4 is 10.1 Å². The van der Waals surface area contributed by atoms with Gasteiger partial charge in [0, 0.05) is 11.5 Å². The molecule has 0 bridgehead atoms. The second-order valence-corrected chi connectivity index (χ2v) is 6.63. The number of allylic oxidation sites excluding steroid dienone is 2. The fraction of sp³-hybridized carbons (Fsp3) is 0.286. The van der Waals surface area contributed by atoms with Crippen molar-refractivity contribution in [3.8, 4) is 11.5 Å². The Kier molecular flexibility index (Phi) is 4.07. The van der Waals surface area contributed by atoms with Crippen LogP contribution in [0.1, 0.15) is 39.9 Å². The molecule has 1 heterocycles. The Bertz CT molecular complexity index is 890. The molecular weight excluding hydrogens is 330 g/mol. The molecule has 0 amide bonds. The van der Waals surface area contributed by atoms with Gasteiger partial charge >= 0.3 is 5.97 Å². The molecule has 2 aliphatic rings. The van der Waals surface area contributed by atoms with Crippen molar-refractivity contribution < 1.29 is 19.4 Å². The summed E-state index contributed by atoms with van der Waals surface area (Å²) in [6, 6.07) is 11.1. The molecule has 3 atom stereocenters. The van der Waals surface area contributed by atoms with Crippen molar-refractivity contribution in [2.45, 2.75) is 18.4 Å². The Morgan fingerprint density at radius 1 is 1.15 bits per heavy atom. The summed E-state index contributed by atoms with van der Waals surface area (Å²) < 4.78 is 10.2. The van der Waals surface area contributed by atoms with Crippen LogP contribution in [-0.2, 0) is 4.74 Å². The summed E-state index contributed by atoms with van der Waals surface area (Å²) in [6.45, 7) is 0. The third-order valence-electron chi connectivity index (χ3n) is 5.39. The minimum Gasteiger partial charge on any atom is -0.504 e. The number of nitrogens with one attached hydrogen (secondary N) is 1. The number of methoxy groups -OCH3 is 2. The number of fused-ring (bicyclic) bond motifs is 3. The number of phenolic OH excluding ortho intramolecular Hbond substituents is 1. The number of para-hydroxylation sites is 2. The van der Waals surface area contributed by atoms with Gasteiger partial charge in [-0.3, -0.25) is 0 Å². The third kappa shape index (κ3) is 2.43. The lowest BCUT2D eigenvalue weighted by Gasteiger charge is -2.38. The van der Waals surface area contributed by atoms with E-state index in [4.69, 9.17) is 9.47 Å². The van der Waals surface area contributed by atoms with Gasteiger partial charge in [0.25, 0.3) is 0 Å². The Morgan fingerprint density at radius 3 is 2.69 bits per heavy atom. The summed E-state index contributed by atoms with van der Waals surface area (Å²) >= 11 is 0. The second-order valence-electron chi connectivity index (χ2n) is 6.63. The summed E-state index contributed by atoms with van der Waals surface area (Å²) in [5, 5.41) is 14.2. The van der Waals surface area contributed by atoms with Crippen molar-refractivity contribution in [2.75, 3.05) is 19.5 Å². The van der Waals surface area contributed by atoms with E-state index in [9.17, 15) is 9.90 Å². The van der Waals surface area contributed by atoms with E-state index in [1.54, 1.807) is 12.1 Å². The maximum Gasteiger partial charge on any atom is 0.339 e. The molecule has 0 spiro atoms. The summed E-state index contributed by atoms with van der Waals surface area (Å²) in [7, 11) is 2.92. The maximum absolute atomic E-state index is 12.2. The Labute approximate surface area is 152 Å². The number of hydrogen-bond acceptors (Lipinski definition) is 5. The van der Waals surface area contributed by atoms with Crippen molar-refractivity contribution in [3.63, 3.8) is 0 Å². The largest absolute Gasteiger partial charge is 0.504 e. The summed E-state index contributed by atoms with van der Waals surface area (Å²) in [5.41, 5.74) is 3.15. The fourth-order valence-corrected chi connectivity index (χ4v) is 4.16. The predicted octanol–water partition coefficient (Wildman–Crippen LogP) is 4.01. The molecule has 0 radical (unpaired) electrons. The average Bonchev–Trinajstić information content (AvgIpc) is 3.17. The van der Waals surface area contributed by atoms with Crippen LogP contribution >= 0.6 is 0 Å². The first-order valence-electron chi connectivity index (χ1n) is 8.66. The summed E-state index contributed by atoms with van der Waals surface area (Å²) in [6.07, 6.45) is 5.26. The number of carbonyl (C=O) groups excluding carboxylic acids is 1. The molecule has 0 saturated heterocycles. The normalized spacial score (nSPS) is 22.9.